The van der Waals surface area contributed by atoms with E-state index in [1.54, 1.807) is 6.92 Å². The number of aliphatic hydroxyl groups excluding tert-OH is 6. The van der Waals surface area contributed by atoms with E-state index in [0.717, 1.165) is 0 Å². The van der Waals surface area contributed by atoms with Crippen LogP contribution in [-0.2, 0) is 18.9 Å². The first-order valence-electron chi connectivity index (χ1n) is 7.78. The zero-order valence-electron chi connectivity index (χ0n) is 13.5. The normalized spacial score (nSPS) is 50.0. The summed E-state index contributed by atoms with van der Waals surface area (Å²) in [5.74, 6) is -0.533. The molecule has 2 heterocycles. The number of hydrogen-bond donors (Lipinski definition) is 6. The van der Waals surface area contributed by atoms with E-state index in [1.807, 2.05) is 0 Å². The number of rotatable bonds is 5. The van der Waals surface area contributed by atoms with Crippen LogP contribution in [0.5, 0.6) is 0 Å². The van der Waals surface area contributed by atoms with E-state index in [2.05, 4.69) is 0 Å². The fraction of sp³-hybridized carbons (Fsp3) is 1.00. The van der Waals surface area contributed by atoms with Crippen molar-refractivity contribution >= 4 is 0 Å². The van der Waals surface area contributed by atoms with Crippen LogP contribution < -0.4 is 0 Å². The first kappa shape index (κ1) is 19.9. The van der Waals surface area contributed by atoms with Crippen LogP contribution in [0.2, 0.25) is 0 Å². The predicted octanol–water partition coefficient (Wildman–Crippen LogP) is -3.47. The van der Waals surface area contributed by atoms with Crippen molar-refractivity contribution in [2.75, 3.05) is 20.3 Å². The van der Waals surface area contributed by atoms with E-state index in [0.29, 0.717) is 0 Å². The Morgan fingerprint density at radius 2 is 1.33 bits per heavy atom. The zero-order valence-corrected chi connectivity index (χ0v) is 13.5. The van der Waals surface area contributed by atoms with Crippen molar-refractivity contribution in [1.29, 1.82) is 0 Å². The molecule has 142 valence electrons. The van der Waals surface area contributed by atoms with Crippen molar-refractivity contribution < 1.29 is 49.6 Å². The van der Waals surface area contributed by atoms with Crippen LogP contribution in [-0.4, -0.2) is 106 Å². The highest BCUT2D eigenvalue weighted by Gasteiger charge is 2.49. The Morgan fingerprint density at radius 3 is 1.88 bits per heavy atom. The van der Waals surface area contributed by atoms with Crippen molar-refractivity contribution in [3.63, 3.8) is 0 Å². The quantitative estimate of drug-likeness (QED) is 0.293. The molecule has 6 N–H and O–H groups in total. The fourth-order valence-electron chi connectivity index (χ4n) is 2.96. The molecule has 10 atom stereocenters. The monoisotopic (exact) mass is 354 g/mol. The van der Waals surface area contributed by atoms with Crippen molar-refractivity contribution in [3.8, 4) is 0 Å². The number of methoxy groups -OCH3 is 1. The van der Waals surface area contributed by atoms with Crippen LogP contribution in [0.1, 0.15) is 6.92 Å². The summed E-state index contributed by atoms with van der Waals surface area (Å²) >= 11 is 0. The van der Waals surface area contributed by atoms with Gasteiger partial charge in [-0.1, -0.05) is 6.92 Å². The van der Waals surface area contributed by atoms with E-state index >= 15 is 0 Å². The third-order valence-corrected chi connectivity index (χ3v) is 4.59. The van der Waals surface area contributed by atoms with Gasteiger partial charge >= 0.3 is 0 Å². The van der Waals surface area contributed by atoms with E-state index in [9.17, 15) is 30.6 Å². The Morgan fingerprint density at radius 1 is 0.792 bits per heavy atom. The van der Waals surface area contributed by atoms with Crippen molar-refractivity contribution in [2.24, 2.45) is 5.92 Å². The lowest BCUT2D eigenvalue weighted by atomic mass is 9.91. The molecule has 2 aliphatic rings. The van der Waals surface area contributed by atoms with Crippen LogP contribution in [0.25, 0.3) is 0 Å². The van der Waals surface area contributed by atoms with E-state index in [-0.39, 0.29) is 0 Å². The standard InChI is InChI=1S/C14H26O10/c1-5-6(3-15)22-14(10(19)8(5)17)24-12-7(4-16)23-13(21-2)11(20)9(12)18/h5-20H,3-4H2,1-2H3/t5-,6-,7+,8+,9-,10+,11+,12-,13-,14+/m1/s1. The van der Waals surface area contributed by atoms with Gasteiger partial charge in [0.2, 0.25) is 0 Å². The summed E-state index contributed by atoms with van der Waals surface area (Å²) in [5.41, 5.74) is 0. The van der Waals surface area contributed by atoms with Crippen LogP contribution in [0.4, 0.5) is 0 Å². The molecule has 2 aliphatic heterocycles. The van der Waals surface area contributed by atoms with Gasteiger partial charge in [-0.15, -0.1) is 0 Å². The fourth-order valence-corrected chi connectivity index (χ4v) is 2.96. The van der Waals surface area contributed by atoms with Crippen molar-refractivity contribution in [3.05, 3.63) is 0 Å². The SMILES string of the molecule is CO[C@@H]1O[C@@H](CO)[C@@H](O[C@@H]2O[C@H](CO)[C@@H](C)[C@H](O)[C@@H]2O)[C@H](O)[C@@H]1O. The maximum atomic E-state index is 10.2. The highest BCUT2D eigenvalue weighted by atomic mass is 16.7. The molecular weight excluding hydrogens is 328 g/mol. The molecule has 10 heteroatoms. The maximum absolute atomic E-state index is 10.2. The van der Waals surface area contributed by atoms with Gasteiger partial charge in [0.05, 0.1) is 25.4 Å². The topological polar surface area (TPSA) is 158 Å². The van der Waals surface area contributed by atoms with Gasteiger partial charge in [-0.25, -0.2) is 0 Å². The van der Waals surface area contributed by atoms with Gasteiger partial charge in [0.25, 0.3) is 0 Å². The average Bonchev–Trinajstić information content (AvgIpc) is 2.59. The van der Waals surface area contributed by atoms with E-state index < -0.39 is 74.4 Å². The molecule has 0 unspecified atom stereocenters. The Hall–Kier alpha value is -0.400. The van der Waals surface area contributed by atoms with Crippen LogP contribution in [0, 0.1) is 5.92 Å². The minimum atomic E-state index is -1.49. The highest BCUT2D eigenvalue weighted by Crippen LogP contribution is 2.31. The maximum Gasteiger partial charge on any atom is 0.187 e. The smallest absolute Gasteiger partial charge is 0.187 e. The minimum absolute atomic E-state index is 0.396. The lowest BCUT2D eigenvalue weighted by Gasteiger charge is -2.46. The van der Waals surface area contributed by atoms with Crippen LogP contribution >= 0.6 is 0 Å². The lowest BCUT2D eigenvalue weighted by molar-refractivity contribution is -0.353. The molecule has 0 amide bonds. The Balaban J connectivity index is 2.12. The van der Waals surface area contributed by atoms with Crippen LogP contribution in [0.3, 0.4) is 0 Å². The number of ether oxygens (including phenoxy) is 4. The number of hydrogen-bond acceptors (Lipinski definition) is 10. The van der Waals surface area contributed by atoms with E-state index in [4.69, 9.17) is 18.9 Å². The molecular formula is C14H26O10. The Labute approximate surface area is 139 Å². The lowest BCUT2D eigenvalue weighted by Crippen LogP contribution is -2.63. The van der Waals surface area contributed by atoms with Crippen molar-refractivity contribution in [2.45, 2.75) is 62.2 Å². The second-order valence-corrected chi connectivity index (χ2v) is 6.11. The second kappa shape index (κ2) is 8.32. The Bertz CT molecular complexity index is 392. The summed E-state index contributed by atoms with van der Waals surface area (Å²) < 4.78 is 21.1. The Kier molecular flexibility index (Phi) is 6.90. The van der Waals surface area contributed by atoms with Crippen LogP contribution in [0.15, 0.2) is 0 Å². The summed E-state index contributed by atoms with van der Waals surface area (Å²) in [6.45, 7) is 0.666. The third kappa shape index (κ3) is 3.73. The van der Waals surface area contributed by atoms with Gasteiger partial charge in [0.1, 0.15) is 30.5 Å². The van der Waals surface area contributed by atoms with Gasteiger partial charge in [0, 0.05) is 13.0 Å². The van der Waals surface area contributed by atoms with Gasteiger partial charge in [-0.05, 0) is 0 Å². The van der Waals surface area contributed by atoms with Gasteiger partial charge < -0.3 is 49.6 Å². The molecule has 10 nitrogen and oxygen atoms in total. The summed E-state index contributed by atoms with van der Waals surface area (Å²) in [7, 11) is 1.27. The second-order valence-electron chi connectivity index (χ2n) is 6.11. The zero-order chi connectivity index (χ0) is 18.0. The molecule has 24 heavy (non-hydrogen) atoms. The summed E-state index contributed by atoms with van der Waals surface area (Å²) in [5, 5.41) is 59.0. The molecule has 0 saturated carbocycles. The summed E-state index contributed by atoms with van der Waals surface area (Å²) in [6.07, 6.45) is -11.2. The first-order chi connectivity index (χ1) is 11.3. The summed E-state index contributed by atoms with van der Waals surface area (Å²) in [4.78, 5) is 0. The highest BCUT2D eigenvalue weighted by molar-refractivity contribution is 4.93. The van der Waals surface area contributed by atoms with Gasteiger partial charge in [-0.3, -0.25) is 0 Å². The molecule has 0 radical (unpaired) electrons. The molecule has 0 aromatic carbocycles. The molecule has 2 fully saturated rings. The molecule has 0 bridgehead atoms. The molecule has 0 aromatic rings. The number of aliphatic hydroxyl groups is 6. The molecule has 0 spiro atoms. The van der Waals surface area contributed by atoms with E-state index in [1.165, 1.54) is 7.11 Å². The van der Waals surface area contributed by atoms with Gasteiger partial charge in [-0.2, -0.15) is 0 Å². The molecule has 2 saturated heterocycles. The molecule has 0 aliphatic carbocycles. The minimum Gasteiger partial charge on any atom is -0.394 e. The average molecular weight is 354 g/mol. The van der Waals surface area contributed by atoms with Crippen molar-refractivity contribution in [1.82, 2.24) is 0 Å². The summed E-state index contributed by atoms with van der Waals surface area (Å²) in [6, 6.07) is 0. The molecule has 2 rings (SSSR count). The van der Waals surface area contributed by atoms with Gasteiger partial charge in [0.15, 0.2) is 12.6 Å². The largest absolute Gasteiger partial charge is 0.394 e. The third-order valence-electron chi connectivity index (χ3n) is 4.59. The molecule has 0 aromatic heterocycles. The predicted molar refractivity (Wildman–Crippen MR) is 76.6 cm³/mol. The first-order valence-corrected chi connectivity index (χ1v) is 7.78.